The Morgan fingerprint density at radius 3 is 2.16 bits per heavy atom. The molecule has 1 aliphatic rings. The van der Waals surface area contributed by atoms with Gasteiger partial charge in [0.2, 0.25) is 0 Å². The van der Waals surface area contributed by atoms with E-state index in [0.29, 0.717) is 23.6 Å². The molecule has 0 saturated carbocycles. The van der Waals surface area contributed by atoms with Crippen LogP contribution in [0.1, 0.15) is 56.0 Å². The summed E-state index contributed by atoms with van der Waals surface area (Å²) < 4.78 is 5.56. The predicted octanol–water partition coefficient (Wildman–Crippen LogP) is 6.38. The summed E-state index contributed by atoms with van der Waals surface area (Å²) in [6.45, 7) is 10.6. The molecule has 4 rings (SSSR count). The molecule has 3 aromatic carbocycles. The molecule has 198 valence electrons. The summed E-state index contributed by atoms with van der Waals surface area (Å²) >= 11 is 0. The summed E-state index contributed by atoms with van der Waals surface area (Å²) in [5.41, 5.74) is 4.60. The number of benzene rings is 3. The molecular formula is C32H36N2O4. The number of rotatable bonds is 6. The summed E-state index contributed by atoms with van der Waals surface area (Å²) in [7, 11) is 3.90. The molecule has 6 heteroatoms. The number of amides is 1. The number of Topliss-reactive ketones (excluding diaryl/α,β-unsaturated/α-hetero) is 1. The van der Waals surface area contributed by atoms with Crippen LogP contribution in [-0.2, 0) is 15.0 Å². The third kappa shape index (κ3) is 5.03. The number of aryl methyl sites for hydroxylation is 1. The first-order chi connectivity index (χ1) is 17.9. The smallest absolute Gasteiger partial charge is 0.300 e. The number of carbonyl (C=O) groups excluding carboxylic acids is 2. The second-order valence-electron chi connectivity index (χ2n) is 10.9. The molecule has 1 aliphatic heterocycles. The minimum atomic E-state index is -0.790. The summed E-state index contributed by atoms with van der Waals surface area (Å²) in [6, 6.07) is 19.9. The van der Waals surface area contributed by atoms with Crippen LogP contribution in [0.4, 0.5) is 11.4 Å². The van der Waals surface area contributed by atoms with E-state index in [9.17, 15) is 14.7 Å². The highest BCUT2D eigenvalue weighted by atomic mass is 16.5. The molecule has 1 heterocycles. The van der Waals surface area contributed by atoms with Crippen LogP contribution in [0.15, 0.2) is 72.3 Å². The minimum Gasteiger partial charge on any atom is -0.507 e. The molecule has 0 aliphatic carbocycles. The van der Waals surface area contributed by atoms with E-state index in [1.54, 1.807) is 24.3 Å². The van der Waals surface area contributed by atoms with Crippen LogP contribution in [-0.4, -0.2) is 37.5 Å². The lowest BCUT2D eigenvalue weighted by Gasteiger charge is -2.26. The average molecular weight is 513 g/mol. The number of ketones is 1. The van der Waals surface area contributed by atoms with Crippen LogP contribution >= 0.6 is 0 Å². The standard InChI is InChI=1S/C32H36N2O4/c1-8-38-25-17-15-24(16-18-25)34-28(21-10-13-23(14-11-21)33(6)7)27(30(36)31(34)37)29(35)26-19-22(32(3,4)5)12-9-20(26)2/h9-19,28,35H,8H2,1-7H3/b29-27+. The Morgan fingerprint density at radius 1 is 0.974 bits per heavy atom. The van der Waals surface area contributed by atoms with Gasteiger partial charge in [0, 0.05) is 31.0 Å². The molecule has 38 heavy (non-hydrogen) atoms. The monoisotopic (exact) mass is 512 g/mol. The van der Waals surface area contributed by atoms with Crippen molar-refractivity contribution in [1.82, 2.24) is 0 Å². The molecule has 6 nitrogen and oxygen atoms in total. The Hall–Kier alpha value is -4.06. The maximum Gasteiger partial charge on any atom is 0.300 e. The fourth-order valence-corrected chi connectivity index (χ4v) is 4.73. The van der Waals surface area contributed by atoms with Crippen LogP contribution in [0, 0.1) is 6.92 Å². The largest absolute Gasteiger partial charge is 0.507 e. The zero-order valence-corrected chi connectivity index (χ0v) is 23.2. The van der Waals surface area contributed by atoms with E-state index in [0.717, 1.165) is 22.4 Å². The molecule has 1 unspecified atom stereocenters. The SMILES string of the molecule is CCOc1ccc(N2C(=O)C(=O)/C(=C(/O)c3cc(C(C)(C)C)ccc3C)C2c2ccc(N(C)C)cc2)cc1. The highest BCUT2D eigenvalue weighted by Gasteiger charge is 2.47. The van der Waals surface area contributed by atoms with Crippen molar-refractivity contribution in [1.29, 1.82) is 0 Å². The highest BCUT2D eigenvalue weighted by molar-refractivity contribution is 6.51. The van der Waals surface area contributed by atoms with E-state index in [1.807, 2.05) is 75.3 Å². The summed E-state index contributed by atoms with van der Waals surface area (Å²) in [4.78, 5) is 30.6. The van der Waals surface area contributed by atoms with Gasteiger partial charge in [0.15, 0.2) is 0 Å². The number of aliphatic hydroxyl groups is 1. The molecule has 3 aromatic rings. The highest BCUT2D eigenvalue weighted by Crippen LogP contribution is 2.43. The molecule has 1 fully saturated rings. The lowest BCUT2D eigenvalue weighted by molar-refractivity contribution is -0.132. The number of hydrogen-bond acceptors (Lipinski definition) is 5. The molecule has 1 saturated heterocycles. The zero-order valence-electron chi connectivity index (χ0n) is 23.2. The normalized spacial score (nSPS) is 17.1. The Balaban J connectivity index is 1.93. The van der Waals surface area contributed by atoms with Crippen molar-refractivity contribution in [3.8, 4) is 5.75 Å². The second kappa shape index (κ2) is 10.4. The van der Waals surface area contributed by atoms with E-state index in [-0.39, 0.29) is 16.7 Å². The molecular weight excluding hydrogens is 476 g/mol. The zero-order chi connectivity index (χ0) is 27.8. The number of aliphatic hydroxyl groups excluding tert-OH is 1. The number of nitrogens with zero attached hydrogens (tertiary/aromatic N) is 2. The van der Waals surface area contributed by atoms with E-state index < -0.39 is 17.7 Å². The van der Waals surface area contributed by atoms with Gasteiger partial charge in [-0.3, -0.25) is 14.5 Å². The van der Waals surface area contributed by atoms with Gasteiger partial charge in [-0.15, -0.1) is 0 Å². The third-order valence-electron chi connectivity index (χ3n) is 6.95. The van der Waals surface area contributed by atoms with Gasteiger partial charge in [-0.1, -0.05) is 45.0 Å². The number of carbonyl (C=O) groups is 2. The van der Waals surface area contributed by atoms with Crippen LogP contribution in [0.25, 0.3) is 5.76 Å². The van der Waals surface area contributed by atoms with E-state index >= 15 is 0 Å². The quantitative estimate of drug-likeness (QED) is 0.236. The topological polar surface area (TPSA) is 70.1 Å². The Labute approximate surface area is 225 Å². The van der Waals surface area contributed by atoms with Gasteiger partial charge < -0.3 is 14.7 Å². The van der Waals surface area contributed by atoms with Crippen LogP contribution in [0.3, 0.4) is 0 Å². The number of ether oxygens (including phenoxy) is 1. The van der Waals surface area contributed by atoms with Gasteiger partial charge in [-0.2, -0.15) is 0 Å². The summed E-state index contributed by atoms with van der Waals surface area (Å²) in [5, 5.41) is 11.7. The number of hydrogen-bond donors (Lipinski definition) is 1. The lowest BCUT2D eigenvalue weighted by atomic mass is 9.84. The van der Waals surface area contributed by atoms with Crippen molar-refractivity contribution in [3.63, 3.8) is 0 Å². The fraction of sp³-hybridized carbons (Fsp3) is 0.312. The molecule has 0 spiro atoms. The second-order valence-corrected chi connectivity index (χ2v) is 10.9. The van der Waals surface area contributed by atoms with E-state index in [2.05, 4.69) is 20.8 Å². The molecule has 1 atom stereocenters. The van der Waals surface area contributed by atoms with Gasteiger partial charge in [-0.25, -0.2) is 0 Å². The van der Waals surface area contributed by atoms with Gasteiger partial charge in [0.05, 0.1) is 18.2 Å². The van der Waals surface area contributed by atoms with E-state index in [4.69, 9.17) is 4.74 Å². The first-order valence-corrected chi connectivity index (χ1v) is 12.9. The maximum absolute atomic E-state index is 13.6. The Morgan fingerprint density at radius 2 is 1.61 bits per heavy atom. The maximum atomic E-state index is 13.6. The van der Waals surface area contributed by atoms with Crippen LogP contribution in [0.2, 0.25) is 0 Å². The lowest BCUT2D eigenvalue weighted by Crippen LogP contribution is -2.29. The molecule has 0 bridgehead atoms. The summed E-state index contributed by atoms with van der Waals surface area (Å²) in [6.07, 6.45) is 0. The van der Waals surface area contributed by atoms with Crippen molar-refractivity contribution >= 4 is 28.8 Å². The van der Waals surface area contributed by atoms with Crippen molar-refractivity contribution in [3.05, 3.63) is 94.6 Å². The van der Waals surface area contributed by atoms with Crippen molar-refractivity contribution in [2.75, 3.05) is 30.5 Å². The Bertz CT molecular complexity index is 1380. The van der Waals surface area contributed by atoms with Gasteiger partial charge >= 0.3 is 0 Å². The minimum absolute atomic E-state index is 0.0793. The predicted molar refractivity (Wildman–Crippen MR) is 153 cm³/mol. The molecule has 0 radical (unpaired) electrons. The first-order valence-electron chi connectivity index (χ1n) is 12.9. The first kappa shape index (κ1) is 27.0. The molecule has 1 N–H and O–H groups in total. The van der Waals surface area contributed by atoms with Gasteiger partial charge in [0.25, 0.3) is 11.7 Å². The van der Waals surface area contributed by atoms with Gasteiger partial charge in [-0.05, 0) is 78.4 Å². The van der Waals surface area contributed by atoms with Crippen molar-refractivity contribution < 1.29 is 19.4 Å². The fourth-order valence-electron chi connectivity index (χ4n) is 4.73. The molecule has 0 aromatic heterocycles. The van der Waals surface area contributed by atoms with Crippen LogP contribution in [0.5, 0.6) is 5.75 Å². The van der Waals surface area contributed by atoms with E-state index in [1.165, 1.54) is 4.90 Å². The number of anilines is 2. The Kier molecular flexibility index (Phi) is 7.36. The van der Waals surface area contributed by atoms with Crippen molar-refractivity contribution in [2.45, 2.75) is 46.1 Å². The van der Waals surface area contributed by atoms with Crippen molar-refractivity contribution in [2.24, 2.45) is 0 Å². The average Bonchev–Trinajstić information content (AvgIpc) is 3.14. The van der Waals surface area contributed by atoms with Gasteiger partial charge in [0.1, 0.15) is 11.5 Å². The molecule has 1 amide bonds. The summed E-state index contributed by atoms with van der Waals surface area (Å²) in [5.74, 6) is -0.878. The van der Waals surface area contributed by atoms with Crippen LogP contribution < -0.4 is 14.5 Å². The third-order valence-corrected chi connectivity index (χ3v) is 6.95.